The zero-order valence-corrected chi connectivity index (χ0v) is 12.8. The molecular formula is C15H14ClN3S. The molecule has 3 nitrogen and oxygen atoms in total. The third-order valence-electron chi connectivity index (χ3n) is 3.17. The van der Waals surface area contributed by atoms with Crippen LogP contribution < -0.4 is 5.32 Å². The maximum atomic E-state index is 5.99. The van der Waals surface area contributed by atoms with E-state index in [-0.39, 0.29) is 0 Å². The molecule has 3 aromatic rings. The number of aromatic nitrogens is 2. The summed E-state index contributed by atoms with van der Waals surface area (Å²) in [6, 6.07) is 7.94. The molecule has 2 heterocycles. The summed E-state index contributed by atoms with van der Waals surface area (Å²) in [6.07, 6.45) is 2.62. The van der Waals surface area contributed by atoms with Crippen molar-refractivity contribution in [2.45, 2.75) is 20.3 Å². The first-order valence-electron chi connectivity index (χ1n) is 6.44. The maximum Gasteiger partial charge on any atom is 0.142 e. The molecule has 0 fully saturated rings. The third kappa shape index (κ3) is 2.49. The van der Waals surface area contributed by atoms with Gasteiger partial charge in [-0.2, -0.15) is 0 Å². The molecule has 20 heavy (non-hydrogen) atoms. The third-order valence-corrected chi connectivity index (χ3v) is 4.59. The van der Waals surface area contributed by atoms with E-state index in [1.54, 1.807) is 17.7 Å². The highest BCUT2D eigenvalue weighted by molar-refractivity contribution is 7.18. The number of thiophene rings is 1. The number of fused-ring (bicyclic) bond motifs is 1. The van der Waals surface area contributed by atoms with E-state index >= 15 is 0 Å². The van der Waals surface area contributed by atoms with Gasteiger partial charge in [0.05, 0.1) is 5.39 Å². The quantitative estimate of drug-likeness (QED) is 0.743. The summed E-state index contributed by atoms with van der Waals surface area (Å²) in [5.74, 6) is 0.844. The molecule has 0 aliphatic rings. The van der Waals surface area contributed by atoms with Crippen molar-refractivity contribution in [1.82, 2.24) is 9.97 Å². The predicted octanol–water partition coefficient (Wildman–Crippen LogP) is 4.96. The highest BCUT2D eigenvalue weighted by Crippen LogP contribution is 2.31. The van der Waals surface area contributed by atoms with Crippen molar-refractivity contribution >= 4 is 44.7 Å². The summed E-state index contributed by atoms with van der Waals surface area (Å²) < 4.78 is 0. The average Bonchev–Trinajstić information content (AvgIpc) is 2.86. The van der Waals surface area contributed by atoms with E-state index in [1.165, 1.54) is 4.88 Å². The predicted molar refractivity (Wildman–Crippen MR) is 86.3 cm³/mol. The van der Waals surface area contributed by atoms with Crippen LogP contribution in [0.4, 0.5) is 11.5 Å². The second-order valence-corrected chi connectivity index (χ2v) is 6.14. The summed E-state index contributed by atoms with van der Waals surface area (Å²) in [4.78, 5) is 11.0. The minimum absolute atomic E-state index is 0.740. The monoisotopic (exact) mass is 303 g/mol. The molecule has 0 aliphatic heterocycles. The van der Waals surface area contributed by atoms with E-state index in [4.69, 9.17) is 11.6 Å². The van der Waals surface area contributed by atoms with E-state index in [2.05, 4.69) is 28.3 Å². The first-order chi connectivity index (χ1) is 9.67. The van der Waals surface area contributed by atoms with Crippen LogP contribution in [0.15, 0.2) is 30.6 Å². The molecule has 0 saturated carbocycles. The summed E-state index contributed by atoms with van der Waals surface area (Å²) in [7, 11) is 0. The molecule has 0 unspecified atom stereocenters. The number of benzene rings is 1. The lowest BCUT2D eigenvalue weighted by molar-refractivity contribution is 1.19. The molecule has 1 N–H and O–H groups in total. The Hall–Kier alpha value is -1.65. The fourth-order valence-electron chi connectivity index (χ4n) is 2.07. The Morgan fingerprint density at radius 3 is 2.85 bits per heavy atom. The van der Waals surface area contributed by atoms with E-state index < -0.39 is 0 Å². The fraction of sp³-hybridized carbons (Fsp3) is 0.200. The van der Waals surface area contributed by atoms with Crippen LogP contribution in [0.25, 0.3) is 10.2 Å². The Morgan fingerprint density at radius 2 is 2.10 bits per heavy atom. The van der Waals surface area contributed by atoms with Crippen molar-refractivity contribution in [3.8, 4) is 0 Å². The molecular weight excluding hydrogens is 290 g/mol. The molecule has 0 bridgehead atoms. The van der Waals surface area contributed by atoms with Crippen LogP contribution in [-0.2, 0) is 6.42 Å². The Kier molecular flexibility index (Phi) is 3.59. The number of hydrogen-bond acceptors (Lipinski definition) is 4. The Labute approximate surface area is 126 Å². The van der Waals surface area contributed by atoms with Crippen molar-refractivity contribution in [3.63, 3.8) is 0 Å². The van der Waals surface area contributed by atoms with E-state index in [9.17, 15) is 0 Å². The smallest absolute Gasteiger partial charge is 0.142 e. The van der Waals surface area contributed by atoms with Gasteiger partial charge in [0.1, 0.15) is 17.0 Å². The average molecular weight is 304 g/mol. The second-order valence-electron chi connectivity index (χ2n) is 4.59. The maximum absolute atomic E-state index is 5.99. The summed E-state index contributed by atoms with van der Waals surface area (Å²) in [6.45, 7) is 4.17. The van der Waals surface area contributed by atoms with E-state index in [1.807, 2.05) is 25.1 Å². The standard InChI is InChI=1S/C15H14ClN3S/c1-3-11-7-12-14(17-8-18-15(12)20-11)19-13-5-4-10(16)6-9(13)2/h4-8H,3H2,1-2H3,(H,17,18,19). The number of anilines is 2. The van der Waals surface area contributed by atoms with Crippen molar-refractivity contribution in [1.29, 1.82) is 0 Å². The molecule has 102 valence electrons. The van der Waals surface area contributed by atoms with Gasteiger partial charge in [0.15, 0.2) is 0 Å². The second kappa shape index (κ2) is 5.38. The van der Waals surface area contributed by atoms with Crippen LogP contribution in [0.2, 0.25) is 5.02 Å². The number of nitrogens with zero attached hydrogens (tertiary/aromatic N) is 2. The largest absolute Gasteiger partial charge is 0.339 e. The van der Waals surface area contributed by atoms with Gasteiger partial charge in [-0.25, -0.2) is 9.97 Å². The zero-order chi connectivity index (χ0) is 14.1. The van der Waals surface area contributed by atoms with Gasteiger partial charge in [0.2, 0.25) is 0 Å². The van der Waals surface area contributed by atoms with Crippen LogP contribution in [0.3, 0.4) is 0 Å². The number of hydrogen-bond donors (Lipinski definition) is 1. The van der Waals surface area contributed by atoms with Gasteiger partial charge in [-0.1, -0.05) is 18.5 Å². The van der Waals surface area contributed by atoms with Gasteiger partial charge < -0.3 is 5.32 Å². The van der Waals surface area contributed by atoms with Gasteiger partial charge in [0.25, 0.3) is 0 Å². The van der Waals surface area contributed by atoms with Gasteiger partial charge in [-0.15, -0.1) is 11.3 Å². The molecule has 0 atom stereocenters. The number of halogens is 1. The Morgan fingerprint density at radius 1 is 1.25 bits per heavy atom. The molecule has 1 aromatic carbocycles. The van der Waals surface area contributed by atoms with Crippen molar-refractivity contribution in [2.24, 2.45) is 0 Å². The van der Waals surface area contributed by atoms with Crippen LogP contribution in [0.1, 0.15) is 17.4 Å². The summed E-state index contributed by atoms with van der Waals surface area (Å²) in [5, 5.41) is 5.19. The highest BCUT2D eigenvalue weighted by atomic mass is 35.5. The van der Waals surface area contributed by atoms with Gasteiger partial charge in [-0.3, -0.25) is 0 Å². The van der Waals surface area contributed by atoms with Crippen LogP contribution >= 0.6 is 22.9 Å². The number of nitrogens with one attached hydrogen (secondary N) is 1. The topological polar surface area (TPSA) is 37.8 Å². The lowest BCUT2D eigenvalue weighted by atomic mass is 10.2. The molecule has 0 saturated heterocycles. The fourth-order valence-corrected chi connectivity index (χ4v) is 3.24. The number of aryl methyl sites for hydroxylation is 2. The van der Waals surface area contributed by atoms with E-state index in [0.717, 1.165) is 38.7 Å². The highest BCUT2D eigenvalue weighted by Gasteiger charge is 2.09. The molecule has 5 heteroatoms. The first-order valence-corrected chi connectivity index (χ1v) is 7.63. The molecule has 0 spiro atoms. The van der Waals surface area contributed by atoms with Crippen molar-refractivity contribution in [2.75, 3.05) is 5.32 Å². The molecule has 0 amide bonds. The minimum Gasteiger partial charge on any atom is -0.339 e. The lowest BCUT2D eigenvalue weighted by Crippen LogP contribution is -1.96. The minimum atomic E-state index is 0.740. The van der Waals surface area contributed by atoms with Crippen LogP contribution in [-0.4, -0.2) is 9.97 Å². The lowest BCUT2D eigenvalue weighted by Gasteiger charge is -2.09. The van der Waals surface area contributed by atoms with Gasteiger partial charge in [-0.05, 0) is 43.2 Å². The SMILES string of the molecule is CCc1cc2c(Nc3ccc(Cl)cc3C)ncnc2s1. The van der Waals surface area contributed by atoms with Gasteiger partial charge in [0, 0.05) is 15.6 Å². The molecule has 2 aromatic heterocycles. The normalized spacial score (nSPS) is 10.9. The summed E-state index contributed by atoms with van der Waals surface area (Å²) in [5.41, 5.74) is 2.11. The number of rotatable bonds is 3. The summed E-state index contributed by atoms with van der Waals surface area (Å²) >= 11 is 7.70. The first kappa shape index (κ1) is 13.3. The van der Waals surface area contributed by atoms with Gasteiger partial charge >= 0.3 is 0 Å². The van der Waals surface area contributed by atoms with Crippen LogP contribution in [0.5, 0.6) is 0 Å². The molecule has 3 rings (SSSR count). The van der Waals surface area contributed by atoms with Crippen LogP contribution in [0, 0.1) is 6.92 Å². The Bertz CT molecular complexity index is 767. The molecule has 0 radical (unpaired) electrons. The van der Waals surface area contributed by atoms with Crippen molar-refractivity contribution in [3.05, 3.63) is 46.1 Å². The van der Waals surface area contributed by atoms with Crippen molar-refractivity contribution < 1.29 is 0 Å². The Balaban J connectivity index is 2.03. The molecule has 0 aliphatic carbocycles. The van der Waals surface area contributed by atoms with E-state index in [0.29, 0.717) is 0 Å². The zero-order valence-electron chi connectivity index (χ0n) is 11.3.